The van der Waals surface area contributed by atoms with Crippen LogP contribution in [-0.4, -0.2) is 25.8 Å². The van der Waals surface area contributed by atoms with Crippen molar-refractivity contribution in [3.05, 3.63) is 0 Å². The molecule has 0 saturated heterocycles. The van der Waals surface area contributed by atoms with Gasteiger partial charge in [-0.1, -0.05) is 0 Å². The third-order valence-corrected chi connectivity index (χ3v) is 16.2. The summed E-state index contributed by atoms with van der Waals surface area (Å²) in [6.07, 6.45) is 0. The summed E-state index contributed by atoms with van der Waals surface area (Å²) in [5.41, 5.74) is 0. The first kappa shape index (κ1) is 6.91. The van der Waals surface area contributed by atoms with Crippen molar-refractivity contribution in [2.45, 2.75) is 0 Å². The Kier molecular flexibility index (Phi) is 8.16. The van der Waals surface area contributed by atoms with Crippen molar-refractivity contribution in [3.63, 3.8) is 0 Å². The SMILES string of the molecule is S=[76As]S[76As]=S. The maximum atomic E-state index is 4.66. The quantitative estimate of drug-likeness (QED) is 0.673. The van der Waals surface area contributed by atoms with Crippen LogP contribution in [0.2, 0.25) is 0 Å². The van der Waals surface area contributed by atoms with E-state index in [0.717, 1.165) is 0 Å². The van der Waals surface area contributed by atoms with Gasteiger partial charge in [-0.15, -0.1) is 0 Å². The fraction of sp³-hybridized carbons (Fsp3) is 0. The van der Waals surface area contributed by atoms with Crippen LogP contribution >= 0.6 is 29.1 Å². The molecule has 0 heterocycles. The average Bonchev–Trinajstić information content (AvgIpc) is 1.41. The Morgan fingerprint density at radius 1 is 1.20 bits per heavy atom. The predicted octanol–water partition coefficient (Wildman–Crippen LogP) is 1.18. The Morgan fingerprint density at radius 3 is 1.60 bits per heavy atom. The second kappa shape index (κ2) is 5.91. The third kappa shape index (κ3) is 5.91. The Balaban J connectivity index is 2.65. The summed E-state index contributed by atoms with van der Waals surface area (Å²) in [5, 5.41) is 0. The summed E-state index contributed by atoms with van der Waals surface area (Å²) in [5.74, 6) is 0. The van der Waals surface area contributed by atoms with E-state index in [4.69, 9.17) is 0 Å². The van der Waals surface area contributed by atoms with E-state index >= 15 is 0 Å². The van der Waals surface area contributed by atoms with E-state index in [1.165, 1.54) is 0 Å². The van der Waals surface area contributed by atoms with Crippen molar-refractivity contribution in [2.24, 2.45) is 0 Å². The van der Waals surface area contributed by atoms with Gasteiger partial charge < -0.3 is 0 Å². The average molecular weight is 248 g/mol. The minimum atomic E-state index is 0.154. The van der Waals surface area contributed by atoms with Gasteiger partial charge in [0.15, 0.2) is 0 Å². The van der Waals surface area contributed by atoms with Crippen LogP contribution in [0, 0.1) is 0 Å². The molecular formula is As2S3. The van der Waals surface area contributed by atoms with Gasteiger partial charge in [-0.2, -0.15) is 0 Å². The first-order valence-electron chi connectivity index (χ1n) is 0.730. The van der Waals surface area contributed by atoms with Gasteiger partial charge in [0.25, 0.3) is 0 Å². The molecule has 5 heavy (non-hydrogen) atoms. The second-order valence-electron chi connectivity index (χ2n) is 0.231. The summed E-state index contributed by atoms with van der Waals surface area (Å²) in [6, 6.07) is 0. The summed E-state index contributed by atoms with van der Waals surface area (Å²) in [4.78, 5) is 0. The molecule has 0 spiro atoms. The molecule has 5 heteroatoms. The Hall–Kier alpha value is 1.91. The molecule has 0 radical (unpaired) electrons. The third-order valence-electron chi connectivity index (χ3n) is 0.0667. The zero-order chi connectivity index (χ0) is 4.12. The summed E-state index contributed by atoms with van der Waals surface area (Å²) in [7, 11) is 11.1. The molecule has 0 aliphatic heterocycles. The number of hydrogen-bond donors (Lipinski definition) is 0. The van der Waals surface area contributed by atoms with E-state index in [1.807, 2.05) is 0 Å². The fourth-order valence-electron chi connectivity index (χ4n) is 0.0136. The van der Waals surface area contributed by atoms with E-state index in [0.29, 0.717) is 0 Å². The van der Waals surface area contributed by atoms with Crippen LogP contribution in [0.15, 0.2) is 0 Å². The summed E-state index contributed by atoms with van der Waals surface area (Å²) >= 11 is 0.307. The van der Waals surface area contributed by atoms with Crippen molar-refractivity contribution < 1.29 is 0 Å². The van der Waals surface area contributed by atoms with Crippen molar-refractivity contribution >= 4 is 54.9 Å². The van der Waals surface area contributed by atoms with E-state index in [9.17, 15) is 0 Å². The van der Waals surface area contributed by atoms with Gasteiger partial charge in [-0.05, 0) is 0 Å². The van der Waals surface area contributed by atoms with Crippen LogP contribution in [0.1, 0.15) is 0 Å². The molecule has 0 aromatic rings. The zero-order valence-corrected chi connectivity index (χ0v) is 8.32. The molecule has 0 amide bonds. The van der Waals surface area contributed by atoms with Gasteiger partial charge in [-0.3, -0.25) is 0 Å². The van der Waals surface area contributed by atoms with E-state index in [1.54, 1.807) is 8.29 Å². The fourth-order valence-corrected chi connectivity index (χ4v) is 9.92. The van der Waals surface area contributed by atoms with E-state index < -0.39 is 0 Å². The Labute approximate surface area is 54.3 Å². The molecule has 28 valence electrons. The van der Waals surface area contributed by atoms with Gasteiger partial charge >= 0.3 is 54.9 Å². The molecule has 0 unspecified atom stereocenters. The topological polar surface area (TPSA) is 0 Å². The van der Waals surface area contributed by atoms with Gasteiger partial charge in [0.1, 0.15) is 0 Å². The summed E-state index contributed by atoms with van der Waals surface area (Å²) < 4.78 is 0. The number of rotatable bonds is 2. The Bertz CT molecular complexity index is 34.2. The number of hydrogen-bond acceptors (Lipinski definition) is 3. The molecular weight excluding hydrogens is 248 g/mol. The normalized spacial score (nSPS) is 9.60. The van der Waals surface area contributed by atoms with E-state index in [2.05, 4.69) is 20.8 Å². The van der Waals surface area contributed by atoms with Crippen molar-refractivity contribution in [1.29, 1.82) is 0 Å². The Morgan fingerprint density at radius 2 is 1.60 bits per heavy atom. The van der Waals surface area contributed by atoms with Crippen LogP contribution < -0.4 is 0 Å². The molecule has 0 fully saturated rings. The molecule has 0 aliphatic carbocycles. The van der Waals surface area contributed by atoms with Crippen molar-refractivity contribution in [3.8, 4) is 0 Å². The molecule has 0 N–H and O–H groups in total. The van der Waals surface area contributed by atoms with Gasteiger partial charge in [0.05, 0.1) is 0 Å². The minimum absolute atomic E-state index is 0.154. The molecule has 0 aromatic heterocycles. The molecule has 0 atom stereocenters. The zero-order valence-electron chi connectivity index (χ0n) is 2.12. The van der Waals surface area contributed by atoms with Gasteiger partial charge in [0.2, 0.25) is 0 Å². The van der Waals surface area contributed by atoms with Crippen LogP contribution in [0.4, 0.5) is 0 Å². The summed E-state index contributed by atoms with van der Waals surface area (Å²) in [6.45, 7) is 0. The van der Waals surface area contributed by atoms with Crippen LogP contribution in [0.5, 0.6) is 0 Å². The molecule has 0 bridgehead atoms. The van der Waals surface area contributed by atoms with Crippen molar-refractivity contribution in [1.82, 2.24) is 0 Å². The van der Waals surface area contributed by atoms with Crippen LogP contribution in [0.25, 0.3) is 0 Å². The monoisotopic (exact) mass is 248 g/mol. The standard InChI is InChI=1S/As2S3/c3-1-5-2-4/i1+1,2+1. The first-order chi connectivity index (χ1) is 2.41. The van der Waals surface area contributed by atoms with E-state index in [-0.39, 0.29) is 25.8 Å². The van der Waals surface area contributed by atoms with Crippen LogP contribution in [-0.2, 0) is 0 Å². The van der Waals surface area contributed by atoms with Gasteiger partial charge in [-0.25, -0.2) is 0 Å². The van der Waals surface area contributed by atoms with Gasteiger partial charge in [0, 0.05) is 0 Å². The first-order valence-corrected chi connectivity index (χ1v) is 11.4. The molecule has 0 aliphatic rings. The van der Waals surface area contributed by atoms with Crippen molar-refractivity contribution in [2.75, 3.05) is 0 Å². The maximum absolute atomic E-state index is 4.66. The molecule has 0 nitrogen and oxygen atoms in total. The molecule has 0 aromatic carbocycles. The second-order valence-corrected chi connectivity index (χ2v) is 13.6. The molecule has 0 rings (SSSR count). The molecule has 0 saturated carbocycles. The van der Waals surface area contributed by atoms with Crippen LogP contribution in [0.3, 0.4) is 0 Å². The predicted molar refractivity (Wildman–Crippen MR) is 34.3 cm³/mol.